The number of amides is 1. The predicted octanol–water partition coefficient (Wildman–Crippen LogP) is 0.839. The third-order valence-corrected chi connectivity index (χ3v) is 3.13. The Labute approximate surface area is 105 Å². The molecule has 1 saturated heterocycles. The van der Waals surface area contributed by atoms with Gasteiger partial charge in [0.15, 0.2) is 5.41 Å². The van der Waals surface area contributed by atoms with Crippen LogP contribution in [0.3, 0.4) is 0 Å². The van der Waals surface area contributed by atoms with Gasteiger partial charge in [0, 0.05) is 12.7 Å². The Morgan fingerprint density at radius 3 is 2.33 bits per heavy atom. The highest BCUT2D eigenvalue weighted by atomic mass is 16.5. The number of anilines is 1. The van der Waals surface area contributed by atoms with Crippen molar-refractivity contribution in [2.75, 3.05) is 32.3 Å². The number of benzene rings is 1. The molecule has 1 aliphatic heterocycles. The maximum absolute atomic E-state index is 12.4. The lowest BCUT2D eigenvalue weighted by Crippen LogP contribution is -2.59. The van der Waals surface area contributed by atoms with E-state index in [2.05, 4.69) is 0 Å². The number of hydrogen-bond donors (Lipinski definition) is 0. The molecule has 96 valence electrons. The van der Waals surface area contributed by atoms with Crippen molar-refractivity contribution in [2.45, 2.75) is 0 Å². The summed E-state index contributed by atoms with van der Waals surface area (Å²) >= 11 is 0. The van der Waals surface area contributed by atoms with Crippen LogP contribution in [-0.4, -0.2) is 39.2 Å². The quantitative estimate of drug-likeness (QED) is 0.588. The van der Waals surface area contributed by atoms with E-state index in [0.717, 1.165) is 5.69 Å². The van der Waals surface area contributed by atoms with Crippen LogP contribution in [0, 0.1) is 5.41 Å². The Morgan fingerprint density at radius 2 is 1.89 bits per heavy atom. The fourth-order valence-corrected chi connectivity index (χ4v) is 1.92. The Bertz CT molecular complexity index is 453. The first kappa shape index (κ1) is 12.6. The average molecular weight is 249 g/mol. The molecule has 0 aromatic heterocycles. The van der Waals surface area contributed by atoms with Gasteiger partial charge in [0.2, 0.25) is 5.91 Å². The topological polar surface area (TPSA) is 55.8 Å². The Kier molecular flexibility index (Phi) is 3.34. The van der Waals surface area contributed by atoms with E-state index < -0.39 is 11.4 Å². The highest BCUT2D eigenvalue weighted by Crippen LogP contribution is 2.32. The zero-order valence-electron chi connectivity index (χ0n) is 10.4. The molecule has 0 N–H and O–H groups in total. The van der Waals surface area contributed by atoms with Crippen LogP contribution in [0.4, 0.5) is 5.69 Å². The van der Waals surface area contributed by atoms with Crippen LogP contribution in [0.25, 0.3) is 0 Å². The fraction of sp³-hybridized carbons (Fsp3) is 0.385. The van der Waals surface area contributed by atoms with E-state index in [9.17, 15) is 9.59 Å². The highest BCUT2D eigenvalue weighted by Gasteiger charge is 2.55. The van der Waals surface area contributed by atoms with Gasteiger partial charge in [-0.2, -0.15) is 0 Å². The molecule has 0 saturated carbocycles. The summed E-state index contributed by atoms with van der Waals surface area (Å²) in [5.74, 6) is -0.840. The Hall–Kier alpha value is -1.88. The molecule has 1 aromatic carbocycles. The van der Waals surface area contributed by atoms with Crippen LogP contribution in [0.15, 0.2) is 30.3 Å². The van der Waals surface area contributed by atoms with Gasteiger partial charge in [-0.25, -0.2) is 0 Å². The van der Waals surface area contributed by atoms with Crippen molar-refractivity contribution in [3.63, 3.8) is 0 Å². The van der Waals surface area contributed by atoms with Crippen molar-refractivity contribution in [1.29, 1.82) is 0 Å². The molecule has 5 heteroatoms. The van der Waals surface area contributed by atoms with Crippen molar-refractivity contribution in [1.82, 2.24) is 0 Å². The number of para-hydroxylation sites is 1. The van der Waals surface area contributed by atoms with E-state index in [1.807, 2.05) is 30.3 Å². The lowest BCUT2D eigenvalue weighted by molar-refractivity contribution is -0.186. The van der Waals surface area contributed by atoms with Gasteiger partial charge in [-0.3, -0.25) is 9.59 Å². The SMILES string of the molecule is COC(=O)C1(C(=O)N(C)c2ccccc2)COC1. The minimum atomic E-state index is -1.18. The third kappa shape index (κ3) is 1.86. The maximum Gasteiger partial charge on any atom is 0.326 e. The van der Waals surface area contributed by atoms with E-state index >= 15 is 0 Å². The predicted molar refractivity (Wildman–Crippen MR) is 65.1 cm³/mol. The first-order chi connectivity index (χ1) is 8.62. The van der Waals surface area contributed by atoms with Gasteiger partial charge in [0.05, 0.1) is 20.3 Å². The molecule has 0 bridgehead atoms. The molecule has 5 nitrogen and oxygen atoms in total. The molecular formula is C13H15NO4. The molecule has 0 aliphatic carbocycles. The average Bonchev–Trinajstić information content (AvgIpc) is 2.37. The van der Waals surface area contributed by atoms with Gasteiger partial charge in [-0.15, -0.1) is 0 Å². The van der Waals surface area contributed by atoms with Crippen LogP contribution in [-0.2, 0) is 19.1 Å². The van der Waals surface area contributed by atoms with Crippen LogP contribution in [0.5, 0.6) is 0 Å². The third-order valence-electron chi connectivity index (χ3n) is 3.13. The van der Waals surface area contributed by atoms with Gasteiger partial charge < -0.3 is 14.4 Å². The second-order valence-corrected chi connectivity index (χ2v) is 4.27. The summed E-state index contributed by atoms with van der Waals surface area (Å²) in [5, 5.41) is 0. The minimum Gasteiger partial charge on any atom is -0.468 e. The lowest BCUT2D eigenvalue weighted by Gasteiger charge is -2.39. The van der Waals surface area contributed by atoms with Crippen LogP contribution in [0.2, 0.25) is 0 Å². The number of nitrogens with zero attached hydrogens (tertiary/aromatic N) is 1. The van der Waals surface area contributed by atoms with E-state index in [1.165, 1.54) is 12.0 Å². The smallest absolute Gasteiger partial charge is 0.326 e. The van der Waals surface area contributed by atoms with Crippen LogP contribution < -0.4 is 4.90 Å². The van der Waals surface area contributed by atoms with Crippen molar-refractivity contribution in [3.05, 3.63) is 30.3 Å². The molecule has 2 rings (SSSR count). The summed E-state index contributed by atoms with van der Waals surface area (Å²) in [5.41, 5.74) is -0.447. The molecule has 0 spiro atoms. The first-order valence-electron chi connectivity index (χ1n) is 5.61. The number of carbonyl (C=O) groups excluding carboxylic acids is 2. The number of methoxy groups -OCH3 is 1. The van der Waals surface area contributed by atoms with Crippen LogP contribution in [0.1, 0.15) is 0 Å². The zero-order valence-corrected chi connectivity index (χ0v) is 10.4. The summed E-state index contributed by atoms with van der Waals surface area (Å²) in [4.78, 5) is 25.6. The molecule has 1 amide bonds. The number of rotatable bonds is 3. The minimum absolute atomic E-state index is 0.0790. The van der Waals surface area contributed by atoms with Gasteiger partial charge >= 0.3 is 5.97 Å². The standard InChI is InChI=1S/C13H15NO4/c1-14(10-6-4-3-5-7-10)11(15)13(8-18-9-13)12(16)17-2/h3-7H,8-9H2,1-2H3. The van der Waals surface area contributed by atoms with Gasteiger partial charge in [0.1, 0.15) is 0 Å². The highest BCUT2D eigenvalue weighted by molar-refractivity contribution is 6.10. The summed E-state index contributed by atoms with van der Waals surface area (Å²) in [6.07, 6.45) is 0. The fourth-order valence-electron chi connectivity index (χ4n) is 1.92. The van der Waals surface area contributed by atoms with Gasteiger partial charge in [-0.05, 0) is 12.1 Å². The molecule has 0 radical (unpaired) electrons. The van der Waals surface area contributed by atoms with Crippen LogP contribution >= 0.6 is 0 Å². The number of esters is 1. The molecule has 0 unspecified atom stereocenters. The van der Waals surface area contributed by atoms with Crippen molar-refractivity contribution < 1.29 is 19.1 Å². The normalized spacial score (nSPS) is 16.6. The van der Waals surface area contributed by atoms with E-state index in [0.29, 0.717) is 0 Å². The first-order valence-corrected chi connectivity index (χ1v) is 5.61. The maximum atomic E-state index is 12.4. The molecular weight excluding hydrogens is 234 g/mol. The van der Waals surface area contributed by atoms with Crippen molar-refractivity contribution >= 4 is 17.6 Å². The summed E-state index contributed by atoms with van der Waals surface area (Å²) < 4.78 is 9.72. The molecule has 1 aliphatic rings. The second-order valence-electron chi connectivity index (χ2n) is 4.27. The van der Waals surface area contributed by atoms with Crippen molar-refractivity contribution in [2.24, 2.45) is 5.41 Å². The van der Waals surface area contributed by atoms with E-state index in [1.54, 1.807) is 7.05 Å². The molecule has 18 heavy (non-hydrogen) atoms. The largest absolute Gasteiger partial charge is 0.468 e. The van der Waals surface area contributed by atoms with E-state index in [4.69, 9.17) is 9.47 Å². The number of carbonyl (C=O) groups is 2. The molecule has 0 atom stereocenters. The van der Waals surface area contributed by atoms with E-state index in [-0.39, 0.29) is 19.1 Å². The monoisotopic (exact) mass is 249 g/mol. The van der Waals surface area contributed by atoms with Crippen molar-refractivity contribution in [3.8, 4) is 0 Å². The molecule has 1 fully saturated rings. The summed E-state index contributed by atoms with van der Waals surface area (Å²) in [7, 11) is 2.92. The number of hydrogen-bond acceptors (Lipinski definition) is 4. The summed E-state index contributed by atoms with van der Waals surface area (Å²) in [6, 6.07) is 9.15. The molecule has 1 aromatic rings. The zero-order chi connectivity index (χ0) is 13.2. The lowest BCUT2D eigenvalue weighted by atomic mass is 9.84. The summed E-state index contributed by atoms with van der Waals surface area (Å²) in [6.45, 7) is 0.158. The number of ether oxygens (including phenoxy) is 2. The van der Waals surface area contributed by atoms with Gasteiger partial charge in [0.25, 0.3) is 0 Å². The second kappa shape index (κ2) is 4.78. The Balaban J connectivity index is 2.23. The molecule has 1 heterocycles. The van der Waals surface area contributed by atoms with Gasteiger partial charge in [-0.1, -0.05) is 18.2 Å². The Morgan fingerprint density at radius 1 is 1.28 bits per heavy atom.